The van der Waals surface area contributed by atoms with E-state index in [4.69, 9.17) is 43.1 Å². The van der Waals surface area contributed by atoms with Crippen LogP contribution in [0.4, 0.5) is 0 Å². The number of para-hydroxylation sites is 1. The van der Waals surface area contributed by atoms with Crippen LogP contribution >= 0.6 is 0 Å². The summed E-state index contributed by atoms with van der Waals surface area (Å²) in [4.78, 5) is 0. The average molecular weight is 1600 g/mol. The molecule has 0 spiro atoms. The Balaban J connectivity index is 0.000000161. The minimum Gasteiger partial charge on any atom is -0.455 e. The van der Waals surface area contributed by atoms with Crippen molar-refractivity contribution in [3.05, 3.63) is 460 Å². The summed E-state index contributed by atoms with van der Waals surface area (Å²) in [5, 5.41) is 17.6. The molecule has 0 aliphatic carbocycles. The van der Waals surface area contributed by atoms with Crippen molar-refractivity contribution in [1.29, 1.82) is 0 Å². The highest BCUT2D eigenvalue weighted by atomic mass is 16.3. The van der Waals surface area contributed by atoms with Crippen LogP contribution in [-0.2, 0) is 0 Å². The van der Waals surface area contributed by atoms with Crippen molar-refractivity contribution in [2.24, 2.45) is 0 Å². The molecule has 2 heterocycles. The zero-order valence-electron chi connectivity index (χ0n) is 90.8. The topological polar surface area (TPSA) is 26.3 Å². The van der Waals surface area contributed by atoms with E-state index in [-0.39, 0.29) is 105 Å². The van der Waals surface area contributed by atoms with Gasteiger partial charge in [0.15, 0.2) is 0 Å². The zero-order chi connectivity index (χ0) is 103. The minimum absolute atomic E-state index is 0.0125. The van der Waals surface area contributed by atoms with E-state index >= 15 is 0 Å². The molecule has 576 valence electrons. The molecule has 0 amide bonds. The maximum Gasteiger partial charge on any atom is 0.143 e. The van der Waals surface area contributed by atoms with Gasteiger partial charge in [0, 0.05) is 32.7 Å². The van der Waals surface area contributed by atoms with Gasteiger partial charge >= 0.3 is 0 Å². The second-order valence-corrected chi connectivity index (χ2v) is 30.8. The molecule has 0 aliphatic rings. The van der Waals surface area contributed by atoms with E-state index in [1.54, 1.807) is 30.3 Å². The normalized spacial score (nSPS) is 14.5. The van der Waals surface area contributed by atoms with Gasteiger partial charge in [-0.3, -0.25) is 0 Å². The van der Waals surface area contributed by atoms with Crippen LogP contribution in [0.3, 0.4) is 0 Å². The first kappa shape index (κ1) is 50.6. The number of rotatable bonds is 11. The van der Waals surface area contributed by atoms with Crippen LogP contribution in [0.1, 0.15) is 34.3 Å². The second-order valence-electron chi connectivity index (χ2n) is 30.8. The van der Waals surface area contributed by atoms with Crippen LogP contribution in [0.5, 0.6) is 0 Å². The molecule has 0 fully saturated rings. The molecule has 25 rings (SSSR count). The van der Waals surface area contributed by atoms with E-state index in [0.717, 1.165) is 164 Å². The van der Waals surface area contributed by atoms with Gasteiger partial charge in [0.05, 0.1) is 34.3 Å². The van der Waals surface area contributed by atoms with Gasteiger partial charge in [-0.05, 0) is 252 Å². The first-order valence-corrected chi connectivity index (χ1v) is 40.7. The van der Waals surface area contributed by atoms with E-state index in [2.05, 4.69) is 121 Å². The van der Waals surface area contributed by atoms with Crippen molar-refractivity contribution in [2.45, 2.75) is 0 Å². The van der Waals surface area contributed by atoms with Crippen LogP contribution in [0.2, 0.25) is 0 Å². The predicted octanol–water partition coefficient (Wildman–Crippen LogP) is 34.7. The van der Waals surface area contributed by atoms with E-state index in [9.17, 15) is 0 Å². The van der Waals surface area contributed by atoms with Gasteiger partial charge < -0.3 is 8.83 Å². The quantitative estimate of drug-likeness (QED) is 0.0953. The summed E-state index contributed by atoms with van der Waals surface area (Å²) in [5.74, 6) is 0. The van der Waals surface area contributed by atoms with Crippen molar-refractivity contribution < 1.29 is 43.1 Å². The van der Waals surface area contributed by atoms with Crippen molar-refractivity contribution >= 4 is 130 Å². The standard InChI is InChI=1S/C64H40O.C58H36O/c1-4-16-41(17-5-1)47-33-35-58-60(40-47)65-64-50(43-18-6-2-7-19-43)36-37-57(63(58)64)59-39-48-38-46(32-34-49(48)51-22-10-11-23-52(51)59)42-28-30-45(31-29-42)62-55-26-14-12-24-53(55)61(44-20-8-3-9-21-44)54-25-13-15-27-56(54)62;1-3-14-38(15-4-1)45-24-13-25-52-47-33-31-43(36-55(47)59-58(45)52)53-35-42-18-7-8-19-44(42)54-34-41(30-32-46(53)54)37-26-28-40(29-27-37)57-50-22-11-9-20-48(50)56(39-16-5-2-6-17-39)49-21-10-12-23-51(49)57/h1-40H;1-36H/i1D,2D,3D,4D,5D,6D,7D,8D,9D,16D,17D,18D,19D,20D,21D;1D,2D,3D,4D,5D,6D,14D,15D,16D,17D. The van der Waals surface area contributed by atoms with Crippen LogP contribution < -0.4 is 0 Å². The maximum atomic E-state index is 8.99. The Labute approximate surface area is 752 Å². The van der Waals surface area contributed by atoms with E-state index in [1.165, 1.54) is 0 Å². The van der Waals surface area contributed by atoms with Gasteiger partial charge in [0.2, 0.25) is 0 Å². The monoisotopic (exact) mass is 1600 g/mol. The SMILES string of the molecule is [2H]c1c([2H])c([2H])c(-c2c3ccccc3c(-c3ccc(-c4ccc5c(-c6ccc7c(c6)oc6c(-c8c([2H])c([2H])c([2H])c([2H])c8[2H])cccc67)cc6ccccc6c5c4)cc3)c3ccccc23)c([2H])c1[2H].[2H]c1c([2H])c([2H])c(-c2ccc3c(c2)oc2c(-c4c([2H])c([2H])c([2H])c([2H])c4[2H])ccc(-c4cc5cc(-c6ccc(-c7c8ccccc8c(-c8c([2H])c([2H])c([2H])c([2H])c8[2H])c8ccccc78)cc6)ccc5c5ccccc45)c23)c([2H])c1[2H]. The van der Waals surface area contributed by atoms with Crippen LogP contribution in [0, 0.1) is 0 Å². The Hall–Kier alpha value is -16.3. The third-order valence-electron chi connectivity index (χ3n) is 24.1. The largest absolute Gasteiger partial charge is 0.455 e. The van der Waals surface area contributed by atoms with Gasteiger partial charge in [0.25, 0.3) is 0 Å². The molecule has 25 aromatic rings. The van der Waals surface area contributed by atoms with Crippen molar-refractivity contribution in [3.8, 4) is 122 Å². The minimum atomic E-state index is -0.535. The zero-order valence-corrected chi connectivity index (χ0v) is 65.8. The molecule has 23 aromatic carbocycles. The van der Waals surface area contributed by atoms with Gasteiger partial charge in [-0.1, -0.05) is 406 Å². The fourth-order valence-electron chi connectivity index (χ4n) is 18.6. The first-order chi connectivity index (χ1) is 71.9. The molecule has 0 saturated carbocycles. The lowest BCUT2D eigenvalue weighted by Gasteiger charge is -2.18. The summed E-state index contributed by atoms with van der Waals surface area (Å²) in [5.41, 5.74) is 15.4. The summed E-state index contributed by atoms with van der Waals surface area (Å²) >= 11 is 0. The van der Waals surface area contributed by atoms with E-state index in [1.807, 2.05) is 158 Å². The summed E-state index contributed by atoms with van der Waals surface area (Å²) in [7, 11) is 0. The highest BCUT2D eigenvalue weighted by Crippen LogP contribution is 2.51. The predicted molar refractivity (Wildman–Crippen MR) is 527 cm³/mol. The van der Waals surface area contributed by atoms with Crippen molar-refractivity contribution in [1.82, 2.24) is 0 Å². The second kappa shape index (κ2) is 29.9. The van der Waals surface area contributed by atoms with Gasteiger partial charge in [-0.25, -0.2) is 0 Å². The highest BCUT2D eigenvalue weighted by molar-refractivity contribution is 6.26. The highest BCUT2D eigenvalue weighted by Gasteiger charge is 2.24. The summed E-state index contributed by atoms with van der Waals surface area (Å²) in [6.07, 6.45) is 0. The lowest BCUT2D eigenvalue weighted by Crippen LogP contribution is -1.91. The third kappa shape index (κ3) is 12.2. The van der Waals surface area contributed by atoms with Gasteiger partial charge in [-0.15, -0.1) is 0 Å². The lowest BCUT2D eigenvalue weighted by molar-refractivity contribution is 0.670. The number of furan rings is 2. The van der Waals surface area contributed by atoms with Crippen LogP contribution in [0.15, 0.2) is 469 Å². The molecular weight excluding hydrogens is 1500 g/mol. The van der Waals surface area contributed by atoms with Crippen LogP contribution in [0.25, 0.3) is 252 Å². The Morgan fingerprint density at radius 3 is 1.02 bits per heavy atom. The Morgan fingerprint density at radius 1 is 0.153 bits per heavy atom. The molecule has 2 heteroatoms. The molecule has 2 aromatic heterocycles. The third-order valence-corrected chi connectivity index (χ3v) is 24.1. The molecule has 0 radical (unpaired) electrons. The number of benzene rings is 23. The first-order valence-electron chi connectivity index (χ1n) is 53.2. The Morgan fingerprint density at radius 2 is 0.492 bits per heavy atom. The van der Waals surface area contributed by atoms with Crippen molar-refractivity contribution in [3.63, 3.8) is 0 Å². The molecule has 0 bridgehead atoms. The molecule has 0 saturated heterocycles. The number of hydrogen-bond acceptors (Lipinski definition) is 2. The smallest absolute Gasteiger partial charge is 0.143 e. The maximum absolute atomic E-state index is 8.99. The molecule has 2 nitrogen and oxygen atoms in total. The van der Waals surface area contributed by atoms with Gasteiger partial charge in [-0.2, -0.15) is 0 Å². The van der Waals surface area contributed by atoms with Crippen LogP contribution in [-0.4, -0.2) is 0 Å². The lowest BCUT2D eigenvalue weighted by atomic mass is 9.85. The van der Waals surface area contributed by atoms with Crippen molar-refractivity contribution in [2.75, 3.05) is 0 Å². The molecule has 0 N–H and O–H groups in total. The van der Waals surface area contributed by atoms with Gasteiger partial charge in [0.1, 0.15) is 22.3 Å². The van der Waals surface area contributed by atoms with E-state index in [0.29, 0.717) is 44.2 Å². The molecule has 0 unspecified atom stereocenters. The summed E-state index contributed by atoms with van der Waals surface area (Å²) in [6, 6.07) is 92.1. The Kier molecular flexibility index (Phi) is 12.2. The summed E-state index contributed by atoms with van der Waals surface area (Å²) < 4.78 is 227. The fraction of sp³-hybridized carbons (Fsp3) is 0. The Bertz CT molecular complexity index is 9980. The summed E-state index contributed by atoms with van der Waals surface area (Å²) in [6.45, 7) is 0. The molecular formula is C122H76O2. The average Bonchev–Trinajstić information content (AvgIpc) is 1.69. The number of hydrogen-bond donors (Lipinski definition) is 0. The van der Waals surface area contributed by atoms with E-state index < -0.39 is 90.6 Å². The molecule has 0 aliphatic heterocycles. The molecule has 0 atom stereocenters. The number of fused-ring (bicyclic) bond motifs is 16. The fourth-order valence-corrected chi connectivity index (χ4v) is 18.6. The molecule has 124 heavy (non-hydrogen) atoms.